The van der Waals surface area contributed by atoms with Crippen molar-refractivity contribution in [1.29, 1.82) is 0 Å². The van der Waals surface area contributed by atoms with Crippen LogP contribution in [0, 0.1) is 0 Å². The quantitative estimate of drug-likeness (QED) is 0.678. The molecule has 0 atom stereocenters. The van der Waals surface area contributed by atoms with E-state index in [-0.39, 0.29) is 22.7 Å². The van der Waals surface area contributed by atoms with E-state index in [0.717, 1.165) is 0 Å². The van der Waals surface area contributed by atoms with Crippen LogP contribution in [-0.4, -0.2) is 26.0 Å². The molecule has 7 heteroatoms. The summed E-state index contributed by atoms with van der Waals surface area (Å²) in [5, 5.41) is 3.20. The molecule has 2 rings (SSSR count). The van der Waals surface area contributed by atoms with Crippen LogP contribution in [0.5, 0.6) is 0 Å². The van der Waals surface area contributed by atoms with Crippen molar-refractivity contribution in [3.05, 3.63) is 22.2 Å². The van der Waals surface area contributed by atoms with Crippen molar-refractivity contribution in [3.63, 3.8) is 0 Å². The molecular weight excluding hydrogens is 220 g/mol. The zero-order chi connectivity index (χ0) is 12.4. The molecule has 2 aromatic rings. The van der Waals surface area contributed by atoms with E-state index in [9.17, 15) is 4.79 Å². The van der Waals surface area contributed by atoms with Crippen LogP contribution in [0.2, 0.25) is 0 Å². The molecule has 2 heterocycles. The summed E-state index contributed by atoms with van der Waals surface area (Å²) < 4.78 is 0. The first kappa shape index (κ1) is 11.5. The number of hydrogen-bond acceptors (Lipinski definition) is 6. The second kappa shape index (κ2) is 4.46. The van der Waals surface area contributed by atoms with Crippen LogP contribution in [0.25, 0.3) is 11.2 Å². The minimum absolute atomic E-state index is 0.0462. The summed E-state index contributed by atoms with van der Waals surface area (Å²) in [6.45, 7) is 4.62. The molecule has 0 amide bonds. The van der Waals surface area contributed by atoms with Gasteiger partial charge in [-0.2, -0.15) is 4.98 Å². The maximum Gasteiger partial charge on any atom is 0.280 e. The van der Waals surface area contributed by atoms with E-state index in [0.29, 0.717) is 18.3 Å². The number of nitrogens with one attached hydrogen (secondary N) is 2. The SMILES string of the molecule is CC(C)NCc1cnc2nc(N)[nH]c(=O)c2n1. The fourth-order valence-electron chi connectivity index (χ4n) is 1.36. The molecule has 0 radical (unpaired) electrons. The van der Waals surface area contributed by atoms with Crippen molar-refractivity contribution in [3.8, 4) is 0 Å². The van der Waals surface area contributed by atoms with Crippen LogP contribution < -0.4 is 16.6 Å². The third-order valence-corrected chi connectivity index (χ3v) is 2.18. The van der Waals surface area contributed by atoms with E-state index < -0.39 is 0 Å². The summed E-state index contributed by atoms with van der Waals surface area (Å²) in [4.78, 5) is 26.2. The van der Waals surface area contributed by atoms with Gasteiger partial charge in [-0.15, -0.1) is 0 Å². The predicted octanol–water partition coefficient (Wildman–Crippen LogP) is -0.207. The van der Waals surface area contributed by atoms with Crippen molar-refractivity contribution < 1.29 is 0 Å². The highest BCUT2D eigenvalue weighted by Gasteiger charge is 2.06. The highest BCUT2D eigenvalue weighted by Crippen LogP contribution is 2.02. The molecule has 0 unspecified atom stereocenters. The van der Waals surface area contributed by atoms with Gasteiger partial charge in [0.05, 0.1) is 11.9 Å². The topological polar surface area (TPSA) is 110 Å². The Balaban J connectivity index is 2.40. The van der Waals surface area contributed by atoms with Gasteiger partial charge in [-0.3, -0.25) is 9.78 Å². The third kappa shape index (κ3) is 2.56. The van der Waals surface area contributed by atoms with Crippen LogP contribution in [0.15, 0.2) is 11.0 Å². The lowest BCUT2D eigenvalue weighted by Crippen LogP contribution is -2.23. The van der Waals surface area contributed by atoms with Crippen LogP contribution in [0.4, 0.5) is 5.95 Å². The predicted molar refractivity (Wildman–Crippen MR) is 64.3 cm³/mol. The molecular formula is C10H14N6O. The zero-order valence-corrected chi connectivity index (χ0v) is 9.69. The van der Waals surface area contributed by atoms with Gasteiger partial charge in [0.1, 0.15) is 0 Å². The Bertz CT molecular complexity index is 591. The molecule has 17 heavy (non-hydrogen) atoms. The lowest BCUT2D eigenvalue weighted by atomic mass is 10.3. The average Bonchev–Trinajstić information content (AvgIpc) is 2.26. The van der Waals surface area contributed by atoms with Crippen molar-refractivity contribution in [2.24, 2.45) is 0 Å². The van der Waals surface area contributed by atoms with Gasteiger partial charge in [0.15, 0.2) is 11.2 Å². The summed E-state index contributed by atoms with van der Waals surface area (Å²) in [5.41, 5.74) is 6.22. The standard InChI is InChI=1S/C10H14N6O/c1-5(2)12-3-6-4-13-8-7(14-6)9(17)16-10(11)15-8/h4-5,12H,3H2,1-2H3,(H3,11,13,15,16,17). The Morgan fingerprint density at radius 1 is 1.47 bits per heavy atom. The first-order valence-electron chi connectivity index (χ1n) is 5.31. The Labute approximate surface area is 97.5 Å². The van der Waals surface area contributed by atoms with E-state index in [1.54, 1.807) is 6.20 Å². The zero-order valence-electron chi connectivity index (χ0n) is 9.69. The van der Waals surface area contributed by atoms with E-state index in [4.69, 9.17) is 5.73 Å². The molecule has 0 aromatic carbocycles. The fourth-order valence-corrected chi connectivity index (χ4v) is 1.36. The Morgan fingerprint density at radius 3 is 2.94 bits per heavy atom. The maximum absolute atomic E-state index is 11.6. The van der Waals surface area contributed by atoms with Crippen molar-refractivity contribution >= 4 is 17.1 Å². The molecule has 0 aliphatic heterocycles. The molecule has 0 saturated heterocycles. The maximum atomic E-state index is 11.6. The lowest BCUT2D eigenvalue weighted by Gasteiger charge is -2.07. The largest absolute Gasteiger partial charge is 0.369 e. The van der Waals surface area contributed by atoms with Gasteiger partial charge in [0, 0.05) is 12.6 Å². The second-order valence-electron chi connectivity index (χ2n) is 4.02. The lowest BCUT2D eigenvalue weighted by molar-refractivity contribution is 0.581. The molecule has 0 saturated carbocycles. The number of aromatic amines is 1. The Morgan fingerprint density at radius 2 is 2.24 bits per heavy atom. The van der Waals surface area contributed by atoms with E-state index in [1.807, 2.05) is 13.8 Å². The number of aromatic nitrogens is 4. The van der Waals surface area contributed by atoms with Crippen molar-refractivity contribution in [1.82, 2.24) is 25.3 Å². The van der Waals surface area contributed by atoms with Crippen molar-refractivity contribution in [2.75, 3.05) is 5.73 Å². The molecule has 0 aliphatic rings. The van der Waals surface area contributed by atoms with Crippen molar-refractivity contribution in [2.45, 2.75) is 26.4 Å². The smallest absolute Gasteiger partial charge is 0.280 e. The van der Waals surface area contributed by atoms with Gasteiger partial charge in [0.25, 0.3) is 5.56 Å². The van der Waals surface area contributed by atoms with E-state index in [1.165, 1.54) is 0 Å². The minimum Gasteiger partial charge on any atom is -0.369 e. The summed E-state index contributed by atoms with van der Waals surface area (Å²) in [7, 11) is 0. The summed E-state index contributed by atoms with van der Waals surface area (Å²) in [6, 6.07) is 0.343. The first-order chi connectivity index (χ1) is 8.06. The number of hydrogen-bond donors (Lipinski definition) is 3. The number of H-pyrrole nitrogens is 1. The molecule has 0 spiro atoms. The Hall–Kier alpha value is -2.02. The van der Waals surface area contributed by atoms with Crippen LogP contribution in [0.1, 0.15) is 19.5 Å². The minimum atomic E-state index is -0.369. The number of rotatable bonds is 3. The number of nitrogens with two attached hydrogens (primary N) is 1. The van der Waals surface area contributed by atoms with Crippen LogP contribution in [-0.2, 0) is 6.54 Å². The molecule has 0 fully saturated rings. The highest BCUT2D eigenvalue weighted by atomic mass is 16.1. The first-order valence-corrected chi connectivity index (χ1v) is 5.31. The highest BCUT2D eigenvalue weighted by molar-refractivity contribution is 5.69. The molecule has 2 aromatic heterocycles. The van der Waals surface area contributed by atoms with Crippen LogP contribution in [0.3, 0.4) is 0 Å². The fraction of sp³-hybridized carbons (Fsp3) is 0.400. The molecule has 4 N–H and O–H groups in total. The summed E-state index contributed by atoms with van der Waals surface area (Å²) in [6.07, 6.45) is 1.59. The van der Waals surface area contributed by atoms with Gasteiger partial charge in [-0.05, 0) is 0 Å². The Kier molecular flexibility index (Phi) is 3.01. The number of nitrogen functional groups attached to an aromatic ring is 1. The molecule has 90 valence electrons. The number of nitrogens with zero attached hydrogens (tertiary/aromatic N) is 3. The normalized spacial score (nSPS) is 11.2. The van der Waals surface area contributed by atoms with Crippen LogP contribution >= 0.6 is 0 Å². The van der Waals surface area contributed by atoms with Gasteiger partial charge >= 0.3 is 0 Å². The molecule has 7 nitrogen and oxygen atoms in total. The summed E-state index contributed by atoms with van der Waals surface area (Å²) >= 11 is 0. The van der Waals surface area contributed by atoms with E-state index in [2.05, 4.69) is 25.3 Å². The average molecular weight is 234 g/mol. The third-order valence-electron chi connectivity index (χ3n) is 2.18. The van der Waals surface area contributed by atoms with Gasteiger partial charge < -0.3 is 11.1 Å². The van der Waals surface area contributed by atoms with Gasteiger partial charge in [-0.25, -0.2) is 9.97 Å². The van der Waals surface area contributed by atoms with Gasteiger partial charge in [-0.1, -0.05) is 13.8 Å². The second-order valence-corrected chi connectivity index (χ2v) is 4.02. The molecule has 0 aliphatic carbocycles. The van der Waals surface area contributed by atoms with E-state index >= 15 is 0 Å². The summed E-state index contributed by atoms with van der Waals surface area (Å²) in [5.74, 6) is 0.0462. The monoisotopic (exact) mass is 234 g/mol. The van der Waals surface area contributed by atoms with Gasteiger partial charge in [0.2, 0.25) is 5.95 Å². The number of fused-ring (bicyclic) bond motifs is 1. The number of anilines is 1. The molecule has 0 bridgehead atoms.